The Bertz CT molecular complexity index is 599. The number of nitrogens with one attached hydrogen (secondary N) is 1. The number of aliphatic hydroxyl groups is 1. The second-order valence-electron chi connectivity index (χ2n) is 7.71. The molecule has 5 nitrogen and oxygen atoms in total. The summed E-state index contributed by atoms with van der Waals surface area (Å²) < 4.78 is 5.85. The van der Waals surface area contributed by atoms with Crippen molar-refractivity contribution in [1.29, 1.82) is 0 Å². The van der Waals surface area contributed by atoms with Crippen LogP contribution in [0.2, 0.25) is 0 Å². The summed E-state index contributed by atoms with van der Waals surface area (Å²) in [4.78, 5) is 15.0. The molecule has 2 aliphatic carbocycles. The number of likely N-dealkylation sites (tertiary alicyclic amines) is 1. The number of carbonyl (C=O) groups excluding carboxylic acids is 1. The van der Waals surface area contributed by atoms with Gasteiger partial charge in [0.25, 0.3) is 5.91 Å². The van der Waals surface area contributed by atoms with Gasteiger partial charge in [0.05, 0.1) is 12.2 Å². The van der Waals surface area contributed by atoms with Crippen LogP contribution in [0.5, 0.6) is 5.75 Å². The predicted octanol–water partition coefficient (Wildman–Crippen LogP) is 2.34. The van der Waals surface area contributed by atoms with Crippen LogP contribution >= 0.6 is 0 Å². The second-order valence-corrected chi connectivity index (χ2v) is 7.71. The molecule has 1 unspecified atom stereocenters. The Morgan fingerprint density at radius 1 is 1.08 bits per heavy atom. The summed E-state index contributed by atoms with van der Waals surface area (Å²) >= 11 is 0. The smallest absolute Gasteiger partial charge is 0.251 e. The number of benzene rings is 1. The van der Waals surface area contributed by atoms with Crippen molar-refractivity contribution in [3.05, 3.63) is 29.8 Å². The number of β-amino-alcohol motifs (C(OH)–C–C–N with tert-alkyl or cyclic N) is 1. The zero-order valence-corrected chi connectivity index (χ0v) is 14.7. The van der Waals surface area contributed by atoms with Crippen molar-refractivity contribution in [3.8, 4) is 5.75 Å². The van der Waals surface area contributed by atoms with Crippen LogP contribution < -0.4 is 10.1 Å². The third kappa shape index (κ3) is 3.82. The summed E-state index contributed by atoms with van der Waals surface area (Å²) in [5.74, 6) is 0.845. The van der Waals surface area contributed by atoms with Crippen molar-refractivity contribution < 1.29 is 14.6 Å². The lowest BCUT2D eigenvalue weighted by Gasteiger charge is -2.29. The Hall–Kier alpha value is -1.59. The van der Waals surface area contributed by atoms with E-state index in [1.807, 2.05) is 24.3 Å². The standard InChI is InChI=1S/C20H28N2O3/c23-15-11-12-22(13-15)19-6-2-5-18(19)21-20(24)14-7-9-17(10-8-14)25-16-3-1-4-16/h7-10,15-16,18-19,23H,1-6,11-13H2,(H,21,24)/t15?,18-,19+/m1/s1. The Morgan fingerprint density at radius 2 is 1.84 bits per heavy atom. The topological polar surface area (TPSA) is 61.8 Å². The van der Waals surface area contributed by atoms with Crippen LogP contribution in [-0.4, -0.2) is 53.3 Å². The highest BCUT2D eigenvalue weighted by Gasteiger charge is 2.36. The molecule has 0 aromatic heterocycles. The van der Waals surface area contributed by atoms with E-state index in [1.165, 1.54) is 6.42 Å². The number of carbonyl (C=O) groups is 1. The number of amides is 1. The van der Waals surface area contributed by atoms with Gasteiger partial charge in [-0.05, 0) is 69.2 Å². The molecular weight excluding hydrogens is 316 g/mol. The van der Waals surface area contributed by atoms with Gasteiger partial charge in [-0.3, -0.25) is 9.69 Å². The second kappa shape index (κ2) is 7.34. The normalized spacial score (nSPS) is 30.2. The monoisotopic (exact) mass is 344 g/mol. The van der Waals surface area contributed by atoms with Crippen molar-refractivity contribution in [2.45, 2.75) is 69.2 Å². The summed E-state index contributed by atoms with van der Waals surface area (Å²) in [5, 5.41) is 13.0. The first kappa shape index (κ1) is 16.9. The third-order valence-corrected chi connectivity index (χ3v) is 5.93. The molecule has 0 spiro atoms. The number of hydrogen-bond donors (Lipinski definition) is 2. The van der Waals surface area contributed by atoms with E-state index in [1.54, 1.807) is 0 Å². The number of hydrogen-bond acceptors (Lipinski definition) is 4. The fraction of sp³-hybridized carbons (Fsp3) is 0.650. The largest absolute Gasteiger partial charge is 0.490 e. The molecule has 2 N–H and O–H groups in total. The number of rotatable bonds is 5. The van der Waals surface area contributed by atoms with Gasteiger partial charge in [0, 0.05) is 30.7 Å². The molecule has 1 aromatic rings. The highest BCUT2D eigenvalue weighted by Crippen LogP contribution is 2.28. The van der Waals surface area contributed by atoms with Gasteiger partial charge in [0.1, 0.15) is 5.75 Å². The minimum Gasteiger partial charge on any atom is -0.490 e. The highest BCUT2D eigenvalue weighted by atomic mass is 16.5. The van der Waals surface area contributed by atoms with E-state index in [9.17, 15) is 9.90 Å². The SMILES string of the molecule is O=C(N[C@@H]1CCC[C@@H]1N1CCC(O)C1)c1ccc(OC2CCC2)cc1. The summed E-state index contributed by atoms with van der Waals surface area (Å²) in [6.45, 7) is 1.68. The summed E-state index contributed by atoms with van der Waals surface area (Å²) in [6.07, 6.45) is 7.78. The summed E-state index contributed by atoms with van der Waals surface area (Å²) in [5.41, 5.74) is 0.688. The third-order valence-electron chi connectivity index (χ3n) is 5.93. The lowest BCUT2D eigenvalue weighted by atomic mass is 9.96. The molecule has 1 aliphatic heterocycles. The molecule has 1 aromatic carbocycles. The predicted molar refractivity (Wildman–Crippen MR) is 95.8 cm³/mol. The first-order chi connectivity index (χ1) is 12.2. The van der Waals surface area contributed by atoms with E-state index in [-0.39, 0.29) is 18.1 Å². The van der Waals surface area contributed by atoms with Gasteiger partial charge in [-0.25, -0.2) is 0 Å². The van der Waals surface area contributed by atoms with Gasteiger partial charge in [-0.15, -0.1) is 0 Å². The van der Waals surface area contributed by atoms with Crippen LogP contribution in [0.1, 0.15) is 55.3 Å². The first-order valence-electron chi connectivity index (χ1n) is 9.69. The first-order valence-corrected chi connectivity index (χ1v) is 9.69. The fourth-order valence-corrected chi connectivity index (χ4v) is 4.23. The van der Waals surface area contributed by atoms with Crippen LogP contribution in [-0.2, 0) is 0 Å². The van der Waals surface area contributed by atoms with Crippen molar-refractivity contribution in [2.75, 3.05) is 13.1 Å². The van der Waals surface area contributed by atoms with E-state index in [0.717, 1.165) is 57.4 Å². The Kier molecular flexibility index (Phi) is 4.95. The quantitative estimate of drug-likeness (QED) is 0.861. The molecule has 3 aliphatic rings. The Balaban J connectivity index is 1.34. The maximum atomic E-state index is 12.6. The number of nitrogens with zero attached hydrogens (tertiary/aromatic N) is 1. The molecule has 2 saturated carbocycles. The van der Waals surface area contributed by atoms with Crippen LogP contribution in [0.15, 0.2) is 24.3 Å². The minimum atomic E-state index is -0.208. The average molecular weight is 344 g/mol. The lowest BCUT2D eigenvalue weighted by molar-refractivity contribution is 0.0905. The van der Waals surface area contributed by atoms with Crippen molar-refractivity contribution in [2.24, 2.45) is 0 Å². The molecule has 1 heterocycles. The van der Waals surface area contributed by atoms with Gasteiger partial charge >= 0.3 is 0 Å². The molecule has 3 atom stereocenters. The number of aliphatic hydroxyl groups excluding tert-OH is 1. The molecule has 5 heteroatoms. The van der Waals surface area contributed by atoms with Crippen LogP contribution in [0.4, 0.5) is 0 Å². The molecule has 3 fully saturated rings. The lowest BCUT2D eigenvalue weighted by Crippen LogP contribution is -2.48. The van der Waals surface area contributed by atoms with Gasteiger partial charge in [0.15, 0.2) is 0 Å². The van der Waals surface area contributed by atoms with Crippen LogP contribution in [0.3, 0.4) is 0 Å². The van der Waals surface area contributed by atoms with Crippen LogP contribution in [0.25, 0.3) is 0 Å². The number of ether oxygens (including phenoxy) is 1. The zero-order valence-electron chi connectivity index (χ0n) is 14.7. The molecule has 0 radical (unpaired) electrons. The molecule has 4 rings (SSSR count). The average Bonchev–Trinajstić information content (AvgIpc) is 3.20. The Morgan fingerprint density at radius 3 is 2.48 bits per heavy atom. The van der Waals surface area contributed by atoms with Crippen molar-refractivity contribution in [3.63, 3.8) is 0 Å². The molecule has 0 bridgehead atoms. The summed E-state index contributed by atoms with van der Waals surface area (Å²) in [7, 11) is 0. The van der Waals surface area contributed by atoms with E-state index in [2.05, 4.69) is 10.2 Å². The fourth-order valence-electron chi connectivity index (χ4n) is 4.23. The Labute approximate surface area is 149 Å². The maximum Gasteiger partial charge on any atom is 0.251 e. The van der Waals surface area contributed by atoms with Gasteiger partial charge in [0.2, 0.25) is 0 Å². The van der Waals surface area contributed by atoms with E-state index in [4.69, 9.17) is 4.74 Å². The van der Waals surface area contributed by atoms with Crippen molar-refractivity contribution >= 4 is 5.91 Å². The zero-order chi connectivity index (χ0) is 17.2. The van der Waals surface area contributed by atoms with Gasteiger partial charge < -0.3 is 15.2 Å². The van der Waals surface area contributed by atoms with Crippen molar-refractivity contribution in [1.82, 2.24) is 10.2 Å². The van der Waals surface area contributed by atoms with Gasteiger partial charge in [-0.1, -0.05) is 0 Å². The van der Waals surface area contributed by atoms with Gasteiger partial charge in [-0.2, -0.15) is 0 Å². The van der Waals surface area contributed by atoms with Crippen LogP contribution in [0, 0.1) is 0 Å². The highest BCUT2D eigenvalue weighted by molar-refractivity contribution is 5.94. The van der Waals surface area contributed by atoms with E-state index < -0.39 is 0 Å². The molecule has 1 amide bonds. The molecule has 136 valence electrons. The molecule has 1 saturated heterocycles. The van der Waals surface area contributed by atoms with E-state index >= 15 is 0 Å². The molecular formula is C20H28N2O3. The molecule has 25 heavy (non-hydrogen) atoms. The minimum absolute atomic E-state index is 0.00756. The summed E-state index contributed by atoms with van der Waals surface area (Å²) in [6, 6.07) is 8.05. The van der Waals surface area contributed by atoms with E-state index in [0.29, 0.717) is 17.7 Å². The maximum absolute atomic E-state index is 12.6.